The van der Waals surface area contributed by atoms with E-state index in [2.05, 4.69) is 61.6 Å². The second kappa shape index (κ2) is 97.5. The average Bonchev–Trinajstić information content (AvgIpc) is 3.02. The van der Waals surface area contributed by atoms with Crippen molar-refractivity contribution < 1.29 is 108 Å². The first kappa shape index (κ1) is 78.4. The summed E-state index contributed by atoms with van der Waals surface area (Å²) < 4.78 is 0. The van der Waals surface area contributed by atoms with Crippen molar-refractivity contribution in [3.63, 3.8) is 0 Å². The van der Waals surface area contributed by atoms with Gasteiger partial charge >= 0.3 is 5.97 Å². The zero-order valence-electron chi connectivity index (χ0n) is 33.2. The van der Waals surface area contributed by atoms with Crippen molar-refractivity contribution >= 4 is 5.97 Å². The fourth-order valence-electron chi connectivity index (χ4n) is 1.11. The Morgan fingerprint density at radius 3 is 0.551 bits per heavy atom. The maximum atomic E-state index is 9.60. The van der Waals surface area contributed by atoms with Crippen molar-refractivity contribution in [2.75, 3.05) is 46.2 Å². The predicted octanol–water partition coefficient (Wildman–Crippen LogP) is 5.97. The van der Waals surface area contributed by atoms with Gasteiger partial charge in [0.25, 0.3) is 0 Å². The number of aliphatic carboxylic acids is 1. The van der Waals surface area contributed by atoms with Gasteiger partial charge in [-0.05, 0) is 64.4 Å². The van der Waals surface area contributed by atoms with Gasteiger partial charge in [0, 0.05) is 104 Å². The van der Waals surface area contributed by atoms with E-state index < -0.39 is 12.3 Å². The monoisotopic (exact) mass is 872 g/mol. The summed E-state index contributed by atoms with van der Waals surface area (Å²) in [4.78, 5) is 9.60. The van der Waals surface area contributed by atoms with Gasteiger partial charge in [-0.2, -0.15) is 0 Å². The average molecular weight is 876 g/mol. The Balaban J connectivity index is -0.0000000367. The molecule has 0 aromatic carbocycles. The molecule has 0 radical (unpaired) electrons. The third kappa shape index (κ3) is 208. The van der Waals surface area contributed by atoms with Gasteiger partial charge in [-0.1, -0.05) is 107 Å². The van der Waals surface area contributed by atoms with Crippen LogP contribution in [-0.4, -0.2) is 110 Å². The topological polar surface area (TPSA) is 219 Å². The van der Waals surface area contributed by atoms with E-state index in [-0.39, 0.29) is 58.0 Å². The zero-order valence-corrected chi connectivity index (χ0v) is 38.1. The Labute approximate surface area is 341 Å². The molecule has 0 aliphatic carbocycles. The third-order valence-corrected chi connectivity index (χ3v) is 4.39. The fraction of sp³-hybridized carbons (Fsp3) is 0.861. The second-order valence-corrected chi connectivity index (χ2v) is 9.85. The van der Waals surface area contributed by atoms with Crippen LogP contribution in [0.2, 0.25) is 0 Å². The van der Waals surface area contributed by atoms with Gasteiger partial charge in [-0.25, -0.2) is 4.79 Å². The number of rotatable bonds is 16. The van der Waals surface area contributed by atoms with Crippen LogP contribution in [-0.2, 0) is 57.2 Å². The van der Waals surface area contributed by atoms with Crippen LogP contribution in [0.25, 0.3) is 0 Å². The molecule has 0 atom stereocenters. The smallest absolute Gasteiger partial charge is 0.330 e. The Morgan fingerprint density at radius 2 is 0.551 bits per heavy atom. The Morgan fingerprint density at radius 1 is 0.449 bits per heavy atom. The molecule has 0 unspecified atom stereocenters. The molecule has 49 heavy (non-hydrogen) atoms. The molecular formula is C36H84O11Zr2. The second-order valence-electron chi connectivity index (χ2n) is 9.85. The third-order valence-electron chi connectivity index (χ3n) is 4.39. The maximum Gasteiger partial charge on any atom is 0.330 e. The molecule has 0 heterocycles. The van der Waals surface area contributed by atoms with Crippen LogP contribution in [0.4, 0.5) is 0 Å². The van der Waals surface area contributed by atoms with Crippen LogP contribution in [0.15, 0.2) is 24.3 Å². The van der Waals surface area contributed by atoms with Gasteiger partial charge < -0.3 is 51.1 Å². The SMILES string of the molecule is C=C(C)C(=O)O.C=C(C)C(O)O.CCCCO.CCCCO.CCCCO.CCCCO.CCCCO.CCCCO.CCCCO.[Zr].[Zr]. The van der Waals surface area contributed by atoms with E-state index in [4.69, 9.17) is 51.1 Å². The maximum absolute atomic E-state index is 9.60. The molecular weight excluding hydrogens is 791 g/mol. The summed E-state index contributed by atoms with van der Waals surface area (Å²) in [6.07, 6.45) is 12.9. The number of hydrogen-bond donors (Lipinski definition) is 10. The van der Waals surface area contributed by atoms with E-state index in [1.807, 2.05) is 0 Å². The Bertz CT molecular complexity index is 403. The molecule has 0 aromatic rings. The molecule has 0 aromatic heterocycles. The summed E-state index contributed by atoms with van der Waals surface area (Å²) in [5, 5.41) is 80.5. The van der Waals surface area contributed by atoms with Crippen molar-refractivity contribution in [3.8, 4) is 0 Å². The van der Waals surface area contributed by atoms with Crippen LogP contribution < -0.4 is 0 Å². The molecule has 0 rings (SSSR count). The molecule has 0 saturated carbocycles. The molecule has 0 aliphatic rings. The van der Waals surface area contributed by atoms with Crippen LogP contribution in [0.3, 0.4) is 0 Å². The van der Waals surface area contributed by atoms with E-state index in [0.29, 0.717) is 51.8 Å². The van der Waals surface area contributed by atoms with Crippen LogP contribution in [0.1, 0.15) is 152 Å². The van der Waals surface area contributed by atoms with Crippen molar-refractivity contribution in [1.29, 1.82) is 0 Å². The number of carboxylic acid groups (broad SMARTS) is 1. The van der Waals surface area contributed by atoms with Crippen LogP contribution in [0.5, 0.6) is 0 Å². The van der Waals surface area contributed by atoms with Crippen LogP contribution in [0, 0.1) is 0 Å². The largest absolute Gasteiger partial charge is 0.478 e. The van der Waals surface area contributed by atoms with Crippen LogP contribution >= 0.6 is 0 Å². The number of hydrogen-bond acceptors (Lipinski definition) is 10. The number of carboxylic acids is 1. The summed E-state index contributed by atoms with van der Waals surface area (Å²) in [5.74, 6) is -0.935. The fourth-order valence-corrected chi connectivity index (χ4v) is 1.11. The van der Waals surface area contributed by atoms with Gasteiger partial charge in [0.05, 0.1) is 0 Å². The molecule has 0 spiro atoms. The molecule has 0 bridgehead atoms. The molecule has 11 nitrogen and oxygen atoms in total. The first-order chi connectivity index (χ1) is 22.2. The number of aliphatic hydroxyl groups is 9. The summed E-state index contributed by atoms with van der Waals surface area (Å²) >= 11 is 0. The summed E-state index contributed by atoms with van der Waals surface area (Å²) in [6.45, 7) is 26.2. The molecule has 302 valence electrons. The Hall–Kier alpha value is 0.356. The van der Waals surface area contributed by atoms with E-state index in [1.54, 1.807) is 6.92 Å². The number of carbonyl (C=O) groups is 1. The number of aliphatic hydroxyl groups excluding tert-OH is 8. The van der Waals surface area contributed by atoms with E-state index in [1.165, 1.54) is 6.92 Å². The minimum absolute atomic E-state index is 0. The quantitative estimate of drug-likeness (QED) is 0.0495. The van der Waals surface area contributed by atoms with Gasteiger partial charge in [0.2, 0.25) is 0 Å². The molecule has 13 heteroatoms. The summed E-state index contributed by atoms with van der Waals surface area (Å²) in [5.41, 5.74) is 0.546. The standard InChI is InChI=1S/C4H8O2.C4H6O2.7C4H10O.2Zr/c2*1-3(2)4(5)6;7*1-2-3-4-5;;/h4-6H,1H2,2H3;1H2,2H3,(H,5,6);7*5H,2-4H2,1H3;;. The molecule has 0 saturated heterocycles. The minimum atomic E-state index is -1.34. The van der Waals surface area contributed by atoms with Gasteiger partial charge in [-0.3, -0.25) is 0 Å². The molecule has 0 fully saturated rings. The molecule has 10 N–H and O–H groups in total. The molecule has 0 aliphatic heterocycles. The van der Waals surface area contributed by atoms with Crippen molar-refractivity contribution in [1.82, 2.24) is 0 Å². The minimum Gasteiger partial charge on any atom is -0.478 e. The van der Waals surface area contributed by atoms with Gasteiger partial charge in [0.1, 0.15) is 0 Å². The number of unbranched alkanes of at least 4 members (excludes halogenated alkanes) is 7. The van der Waals surface area contributed by atoms with E-state index in [9.17, 15) is 4.79 Å². The Kier molecular flexibility index (Phi) is 156. The van der Waals surface area contributed by atoms with Crippen molar-refractivity contribution in [2.24, 2.45) is 0 Å². The van der Waals surface area contributed by atoms with E-state index in [0.717, 1.165) is 89.9 Å². The first-order valence-corrected chi connectivity index (χ1v) is 17.4. The van der Waals surface area contributed by atoms with Gasteiger partial charge in [0.15, 0.2) is 6.29 Å². The van der Waals surface area contributed by atoms with Gasteiger partial charge in [-0.15, -0.1) is 0 Å². The predicted molar refractivity (Wildman–Crippen MR) is 199 cm³/mol. The molecule has 0 amide bonds. The first-order valence-electron chi connectivity index (χ1n) is 17.4. The summed E-state index contributed by atoms with van der Waals surface area (Å²) in [6, 6.07) is 0. The summed E-state index contributed by atoms with van der Waals surface area (Å²) in [7, 11) is 0. The van der Waals surface area contributed by atoms with Crippen molar-refractivity contribution in [2.45, 2.75) is 158 Å². The van der Waals surface area contributed by atoms with Crippen molar-refractivity contribution in [3.05, 3.63) is 24.3 Å². The van der Waals surface area contributed by atoms with E-state index >= 15 is 0 Å². The normalized spacial score (nSPS) is 8.06. The zero-order chi connectivity index (χ0) is 39.2.